The van der Waals surface area contributed by atoms with Crippen LogP contribution in [0.2, 0.25) is 0 Å². The van der Waals surface area contributed by atoms with E-state index in [0.717, 1.165) is 26.2 Å². The molecular formula is C13H18N4O3. The van der Waals surface area contributed by atoms with Crippen LogP contribution in [0.5, 0.6) is 0 Å². The summed E-state index contributed by atoms with van der Waals surface area (Å²) in [7, 11) is 1.93. The number of morpholine rings is 1. The quantitative estimate of drug-likeness (QED) is 0.864. The van der Waals surface area contributed by atoms with Gasteiger partial charge in [-0.25, -0.2) is 0 Å². The van der Waals surface area contributed by atoms with E-state index in [-0.39, 0.29) is 6.10 Å². The monoisotopic (exact) mass is 278 g/mol. The van der Waals surface area contributed by atoms with Crippen LogP contribution in [-0.4, -0.2) is 54.5 Å². The Balaban J connectivity index is 1.60. The van der Waals surface area contributed by atoms with Gasteiger partial charge in [0.2, 0.25) is 5.89 Å². The molecule has 1 saturated heterocycles. The zero-order valence-corrected chi connectivity index (χ0v) is 11.4. The SMILES string of the molecule is CNCC1CN(Cc2nnc(-c3ccco3)o2)CCO1. The van der Waals surface area contributed by atoms with E-state index in [2.05, 4.69) is 20.4 Å². The number of nitrogens with zero attached hydrogens (tertiary/aromatic N) is 3. The number of ether oxygens (including phenoxy) is 1. The van der Waals surface area contributed by atoms with Gasteiger partial charge in [0.05, 0.1) is 25.5 Å². The van der Waals surface area contributed by atoms with Crippen molar-refractivity contribution in [2.24, 2.45) is 0 Å². The van der Waals surface area contributed by atoms with Crippen molar-refractivity contribution in [1.82, 2.24) is 20.4 Å². The number of nitrogens with one attached hydrogen (secondary N) is 1. The first-order valence-corrected chi connectivity index (χ1v) is 6.70. The molecule has 3 heterocycles. The molecule has 0 saturated carbocycles. The van der Waals surface area contributed by atoms with E-state index in [1.54, 1.807) is 18.4 Å². The molecule has 1 aliphatic rings. The molecular weight excluding hydrogens is 260 g/mol. The normalized spacial score (nSPS) is 20.4. The summed E-state index contributed by atoms with van der Waals surface area (Å²) in [6.45, 7) is 3.94. The summed E-state index contributed by atoms with van der Waals surface area (Å²) in [6.07, 6.45) is 1.80. The largest absolute Gasteiger partial charge is 0.459 e. The molecule has 7 heteroatoms. The summed E-state index contributed by atoms with van der Waals surface area (Å²) in [5, 5.41) is 11.2. The van der Waals surface area contributed by atoms with E-state index < -0.39 is 0 Å². The molecule has 0 aliphatic carbocycles. The average molecular weight is 278 g/mol. The van der Waals surface area contributed by atoms with Crippen molar-refractivity contribution in [3.63, 3.8) is 0 Å². The maximum absolute atomic E-state index is 5.66. The molecule has 1 N–H and O–H groups in total. The second-order valence-electron chi connectivity index (χ2n) is 4.76. The summed E-state index contributed by atoms with van der Waals surface area (Å²) in [5.74, 6) is 1.62. The fraction of sp³-hybridized carbons (Fsp3) is 0.538. The highest BCUT2D eigenvalue weighted by Gasteiger charge is 2.22. The molecule has 0 bridgehead atoms. The van der Waals surface area contributed by atoms with Gasteiger partial charge in [-0.1, -0.05) is 0 Å². The maximum atomic E-state index is 5.66. The molecule has 108 valence electrons. The molecule has 2 aromatic heterocycles. The minimum Gasteiger partial charge on any atom is -0.459 e. The first-order valence-electron chi connectivity index (χ1n) is 6.70. The predicted molar refractivity (Wildman–Crippen MR) is 70.9 cm³/mol. The van der Waals surface area contributed by atoms with Crippen molar-refractivity contribution < 1.29 is 13.6 Å². The molecule has 0 radical (unpaired) electrons. The van der Waals surface area contributed by atoms with Gasteiger partial charge in [0.1, 0.15) is 0 Å². The first kappa shape index (κ1) is 13.3. The summed E-state index contributed by atoms with van der Waals surface area (Å²) in [4.78, 5) is 2.25. The number of hydrogen-bond acceptors (Lipinski definition) is 7. The summed E-state index contributed by atoms with van der Waals surface area (Å²) < 4.78 is 16.5. The van der Waals surface area contributed by atoms with Crippen LogP contribution in [0.15, 0.2) is 27.2 Å². The van der Waals surface area contributed by atoms with Crippen molar-refractivity contribution in [2.75, 3.05) is 33.3 Å². The number of furan rings is 1. The van der Waals surface area contributed by atoms with Crippen LogP contribution >= 0.6 is 0 Å². The standard InChI is InChI=1S/C13H18N4O3/c1-14-7-10-8-17(4-6-18-10)9-12-15-16-13(20-12)11-3-2-5-19-11/h2-3,5,10,14H,4,6-9H2,1H3. The minimum absolute atomic E-state index is 0.209. The van der Waals surface area contributed by atoms with Crippen molar-refractivity contribution in [2.45, 2.75) is 12.6 Å². The van der Waals surface area contributed by atoms with Gasteiger partial charge in [-0.15, -0.1) is 10.2 Å². The van der Waals surface area contributed by atoms with Crippen molar-refractivity contribution >= 4 is 0 Å². The van der Waals surface area contributed by atoms with E-state index >= 15 is 0 Å². The lowest BCUT2D eigenvalue weighted by Crippen LogP contribution is -2.45. The van der Waals surface area contributed by atoms with Gasteiger partial charge < -0.3 is 18.9 Å². The van der Waals surface area contributed by atoms with Gasteiger partial charge in [-0.05, 0) is 19.2 Å². The highest BCUT2D eigenvalue weighted by Crippen LogP contribution is 2.19. The van der Waals surface area contributed by atoms with Crippen molar-refractivity contribution in [3.8, 4) is 11.7 Å². The van der Waals surface area contributed by atoms with Crippen molar-refractivity contribution in [1.29, 1.82) is 0 Å². The highest BCUT2D eigenvalue weighted by molar-refractivity contribution is 5.42. The Morgan fingerprint density at radius 1 is 1.45 bits per heavy atom. The Morgan fingerprint density at radius 3 is 3.20 bits per heavy atom. The van der Waals surface area contributed by atoms with Gasteiger partial charge in [0.15, 0.2) is 5.76 Å². The van der Waals surface area contributed by atoms with Gasteiger partial charge >= 0.3 is 0 Å². The number of likely N-dealkylation sites (N-methyl/N-ethyl adjacent to an activating group) is 1. The lowest BCUT2D eigenvalue weighted by Gasteiger charge is -2.31. The molecule has 1 aliphatic heterocycles. The van der Waals surface area contributed by atoms with Gasteiger partial charge in [0.25, 0.3) is 5.89 Å². The van der Waals surface area contributed by atoms with Crippen LogP contribution in [0.4, 0.5) is 0 Å². The Morgan fingerprint density at radius 2 is 2.40 bits per heavy atom. The van der Waals surface area contributed by atoms with E-state index in [4.69, 9.17) is 13.6 Å². The number of hydrogen-bond donors (Lipinski definition) is 1. The molecule has 0 amide bonds. The summed E-state index contributed by atoms with van der Waals surface area (Å²) in [6, 6.07) is 3.60. The molecule has 3 rings (SSSR count). The third-order valence-electron chi connectivity index (χ3n) is 3.21. The van der Waals surface area contributed by atoms with Gasteiger partial charge in [-0.2, -0.15) is 0 Å². The zero-order valence-electron chi connectivity index (χ0n) is 11.4. The molecule has 1 atom stereocenters. The van der Waals surface area contributed by atoms with Crippen LogP contribution in [-0.2, 0) is 11.3 Å². The molecule has 0 spiro atoms. The molecule has 1 unspecified atom stereocenters. The van der Waals surface area contributed by atoms with E-state index in [1.807, 2.05) is 7.05 Å². The van der Waals surface area contributed by atoms with Crippen LogP contribution in [0, 0.1) is 0 Å². The van der Waals surface area contributed by atoms with Crippen LogP contribution in [0.3, 0.4) is 0 Å². The third-order valence-corrected chi connectivity index (χ3v) is 3.21. The first-order chi connectivity index (χ1) is 9.85. The second-order valence-corrected chi connectivity index (χ2v) is 4.76. The Labute approximate surface area is 116 Å². The Bertz CT molecular complexity index is 523. The second kappa shape index (κ2) is 6.17. The highest BCUT2D eigenvalue weighted by atomic mass is 16.5. The summed E-state index contributed by atoms with van der Waals surface area (Å²) in [5.41, 5.74) is 0. The average Bonchev–Trinajstić information content (AvgIpc) is 3.10. The fourth-order valence-corrected chi connectivity index (χ4v) is 2.28. The van der Waals surface area contributed by atoms with Crippen molar-refractivity contribution in [3.05, 3.63) is 24.3 Å². The molecule has 2 aromatic rings. The van der Waals surface area contributed by atoms with Gasteiger partial charge in [0, 0.05) is 19.6 Å². The van der Waals surface area contributed by atoms with E-state index in [9.17, 15) is 0 Å². The lowest BCUT2D eigenvalue weighted by atomic mass is 10.2. The number of aromatic nitrogens is 2. The van der Waals surface area contributed by atoms with Gasteiger partial charge in [-0.3, -0.25) is 4.90 Å². The van der Waals surface area contributed by atoms with Crippen LogP contribution < -0.4 is 5.32 Å². The summed E-state index contributed by atoms with van der Waals surface area (Å²) >= 11 is 0. The molecule has 1 fully saturated rings. The Hall–Kier alpha value is -1.70. The molecule has 7 nitrogen and oxygen atoms in total. The maximum Gasteiger partial charge on any atom is 0.283 e. The smallest absolute Gasteiger partial charge is 0.283 e. The van der Waals surface area contributed by atoms with Crippen LogP contribution in [0.1, 0.15) is 5.89 Å². The minimum atomic E-state index is 0.209. The third kappa shape index (κ3) is 3.06. The lowest BCUT2D eigenvalue weighted by molar-refractivity contribution is -0.0313. The molecule has 20 heavy (non-hydrogen) atoms. The fourth-order valence-electron chi connectivity index (χ4n) is 2.28. The van der Waals surface area contributed by atoms with E-state index in [1.165, 1.54) is 0 Å². The number of rotatable bonds is 5. The zero-order chi connectivity index (χ0) is 13.8. The van der Waals surface area contributed by atoms with Crippen LogP contribution in [0.25, 0.3) is 11.7 Å². The topological polar surface area (TPSA) is 76.6 Å². The Kier molecular flexibility index (Phi) is 4.10. The predicted octanol–water partition coefficient (Wildman–Crippen LogP) is 0.750. The molecule has 0 aromatic carbocycles. The van der Waals surface area contributed by atoms with E-state index in [0.29, 0.717) is 24.1 Å².